The van der Waals surface area contributed by atoms with Gasteiger partial charge < -0.3 is 10.2 Å². The molecule has 0 amide bonds. The molecule has 0 aromatic rings. The molecule has 6 unspecified atom stereocenters. The predicted molar refractivity (Wildman–Crippen MR) is 125 cm³/mol. The molecule has 0 aromatic carbocycles. The Morgan fingerprint density at radius 3 is 2.59 bits per heavy atom. The first-order chi connectivity index (χ1) is 15.3. The van der Waals surface area contributed by atoms with E-state index in [1.54, 1.807) is 0 Å². The van der Waals surface area contributed by atoms with Crippen molar-refractivity contribution in [3.05, 3.63) is 11.6 Å². The van der Waals surface area contributed by atoms with Gasteiger partial charge in [0.2, 0.25) is 0 Å². The van der Waals surface area contributed by atoms with Crippen LogP contribution in [0.3, 0.4) is 0 Å². The van der Waals surface area contributed by atoms with E-state index in [2.05, 4.69) is 31.2 Å². The molecule has 3 saturated carbocycles. The summed E-state index contributed by atoms with van der Waals surface area (Å²) >= 11 is 0. The van der Waals surface area contributed by atoms with Crippen LogP contribution in [-0.2, 0) is 14.4 Å². The lowest BCUT2D eigenvalue weighted by atomic mass is 9.46. The Morgan fingerprint density at radius 2 is 1.81 bits per heavy atom. The molecular formula is C27H40N2O3. The number of hydrogen-bond acceptors (Lipinski definition) is 5. The minimum atomic E-state index is -0.152. The Bertz CT molecular complexity index is 842. The van der Waals surface area contributed by atoms with Crippen molar-refractivity contribution in [2.75, 3.05) is 13.1 Å². The first-order valence-electron chi connectivity index (χ1n) is 13.0. The fourth-order valence-electron chi connectivity index (χ4n) is 8.56. The summed E-state index contributed by atoms with van der Waals surface area (Å²) in [5, 5.41) is 7.71. The number of nitrogens with one attached hydrogen (secondary N) is 1. The Kier molecular flexibility index (Phi) is 5.84. The number of ketones is 1. The van der Waals surface area contributed by atoms with Crippen LogP contribution in [0.4, 0.5) is 0 Å². The summed E-state index contributed by atoms with van der Waals surface area (Å²) in [5.74, 6) is 2.76. The van der Waals surface area contributed by atoms with Crippen molar-refractivity contribution in [3.8, 4) is 0 Å². The molecule has 4 fully saturated rings. The van der Waals surface area contributed by atoms with E-state index < -0.39 is 0 Å². The van der Waals surface area contributed by atoms with Crippen molar-refractivity contribution in [2.45, 2.75) is 85.0 Å². The van der Waals surface area contributed by atoms with Gasteiger partial charge >= 0.3 is 5.97 Å². The van der Waals surface area contributed by atoms with Gasteiger partial charge in [-0.2, -0.15) is 0 Å². The molecule has 0 bridgehead atoms. The Hall–Kier alpha value is -1.49. The highest BCUT2D eigenvalue weighted by Gasteiger charge is 2.59. The van der Waals surface area contributed by atoms with Crippen LogP contribution in [0.15, 0.2) is 16.8 Å². The molecule has 1 heterocycles. The average Bonchev–Trinajstić information content (AvgIpc) is 3.15. The van der Waals surface area contributed by atoms with Crippen molar-refractivity contribution in [3.63, 3.8) is 0 Å². The van der Waals surface area contributed by atoms with Crippen LogP contribution >= 0.6 is 0 Å². The molecule has 176 valence electrons. The van der Waals surface area contributed by atoms with Gasteiger partial charge in [-0.25, -0.2) is 4.79 Å². The van der Waals surface area contributed by atoms with E-state index in [0.29, 0.717) is 23.5 Å². The molecule has 4 aliphatic carbocycles. The molecule has 5 aliphatic rings. The molecule has 0 radical (unpaired) electrons. The van der Waals surface area contributed by atoms with Crippen LogP contribution in [-0.4, -0.2) is 30.6 Å². The molecule has 1 aliphatic heterocycles. The topological polar surface area (TPSA) is 67.8 Å². The normalized spacial score (nSPS) is 42.5. The molecule has 5 nitrogen and oxygen atoms in total. The van der Waals surface area contributed by atoms with E-state index >= 15 is 0 Å². The number of hydrogen-bond donors (Lipinski definition) is 1. The third-order valence-electron chi connectivity index (χ3n) is 10.4. The van der Waals surface area contributed by atoms with Crippen molar-refractivity contribution in [2.24, 2.45) is 45.6 Å². The summed E-state index contributed by atoms with van der Waals surface area (Å²) in [6, 6.07) is 0. The van der Waals surface area contributed by atoms with E-state index in [1.807, 2.05) is 6.08 Å². The summed E-state index contributed by atoms with van der Waals surface area (Å²) in [6.45, 7) is 8.78. The number of carbonyl (C=O) groups excluding carboxylic acids is 2. The maximum atomic E-state index is 12.5. The molecule has 0 spiro atoms. The van der Waals surface area contributed by atoms with Crippen molar-refractivity contribution >= 4 is 17.5 Å². The largest absolute Gasteiger partial charge is 0.338 e. The van der Waals surface area contributed by atoms with Gasteiger partial charge in [0.1, 0.15) is 0 Å². The summed E-state index contributed by atoms with van der Waals surface area (Å²) < 4.78 is 0. The second-order valence-corrected chi connectivity index (χ2v) is 11.8. The van der Waals surface area contributed by atoms with Crippen molar-refractivity contribution < 1.29 is 14.4 Å². The smallest absolute Gasteiger partial charge is 0.318 e. The second-order valence-electron chi connectivity index (χ2n) is 11.8. The number of fused-ring (bicyclic) bond motifs is 5. The molecule has 0 aromatic heterocycles. The highest BCUT2D eigenvalue weighted by Crippen LogP contribution is 2.66. The SMILES string of the molecule is C/C(=N/OC(=O)C1CCNCC1)C1CCC2C3CCC4=CC(=O)CCC4(C)C3CCC12C. The third-order valence-corrected chi connectivity index (χ3v) is 10.4. The van der Waals surface area contributed by atoms with Gasteiger partial charge in [-0.15, -0.1) is 0 Å². The summed E-state index contributed by atoms with van der Waals surface area (Å²) in [5.41, 5.74) is 2.93. The van der Waals surface area contributed by atoms with E-state index in [0.717, 1.165) is 63.2 Å². The number of carbonyl (C=O) groups is 2. The number of nitrogens with zero attached hydrogens (tertiary/aromatic N) is 1. The highest BCUT2D eigenvalue weighted by atomic mass is 16.7. The fraction of sp³-hybridized carbons (Fsp3) is 0.815. The van der Waals surface area contributed by atoms with Gasteiger partial charge in [-0.3, -0.25) is 4.79 Å². The van der Waals surface area contributed by atoms with Crippen LogP contribution in [0, 0.1) is 40.4 Å². The molecule has 1 N–H and O–H groups in total. The monoisotopic (exact) mass is 440 g/mol. The lowest BCUT2D eigenvalue weighted by Crippen LogP contribution is -2.51. The lowest BCUT2D eigenvalue weighted by Gasteiger charge is -2.58. The van der Waals surface area contributed by atoms with Crippen molar-refractivity contribution in [1.82, 2.24) is 5.32 Å². The predicted octanol–water partition coefficient (Wildman–Crippen LogP) is 5.05. The number of rotatable bonds is 3. The molecule has 5 heteroatoms. The maximum absolute atomic E-state index is 12.5. The number of oxime groups is 1. The highest BCUT2D eigenvalue weighted by molar-refractivity contribution is 5.91. The minimum Gasteiger partial charge on any atom is -0.318 e. The van der Waals surface area contributed by atoms with Gasteiger partial charge in [0.15, 0.2) is 5.78 Å². The van der Waals surface area contributed by atoms with Crippen molar-refractivity contribution in [1.29, 1.82) is 0 Å². The van der Waals surface area contributed by atoms with Gasteiger partial charge in [-0.1, -0.05) is 24.6 Å². The summed E-state index contributed by atoms with van der Waals surface area (Å²) in [7, 11) is 0. The molecular weight excluding hydrogens is 400 g/mol. The standard InChI is InChI=1S/C27H40N2O3/c1-17(29-32-25(31)18-10-14-28-15-11-18)22-6-7-23-21-5-4-19-16-20(30)8-12-26(19,2)24(21)9-13-27(22,23)3/h16,18,21-24,28H,4-15H2,1-3H3/b29-17-. The Morgan fingerprint density at radius 1 is 1.03 bits per heavy atom. The molecule has 32 heavy (non-hydrogen) atoms. The zero-order chi connectivity index (χ0) is 22.5. The van der Waals surface area contributed by atoms with Gasteiger partial charge in [0, 0.05) is 12.3 Å². The minimum absolute atomic E-state index is 0.0113. The second kappa shape index (κ2) is 8.38. The number of allylic oxidation sites excluding steroid dienone is 1. The zero-order valence-electron chi connectivity index (χ0n) is 20.1. The summed E-state index contributed by atoms with van der Waals surface area (Å²) in [4.78, 5) is 30.0. The molecule has 5 rings (SSSR count). The van der Waals surface area contributed by atoms with Gasteiger partial charge in [0.25, 0.3) is 0 Å². The fourth-order valence-corrected chi connectivity index (χ4v) is 8.56. The third kappa shape index (κ3) is 3.59. The quantitative estimate of drug-likeness (QED) is 0.379. The molecule has 6 atom stereocenters. The van der Waals surface area contributed by atoms with Crippen LogP contribution < -0.4 is 5.32 Å². The molecule has 1 saturated heterocycles. The number of piperidine rings is 1. The lowest BCUT2D eigenvalue weighted by molar-refractivity contribution is -0.149. The Balaban J connectivity index is 1.30. The van der Waals surface area contributed by atoms with Gasteiger partial charge in [-0.05, 0) is 112 Å². The zero-order valence-corrected chi connectivity index (χ0v) is 20.1. The first-order valence-corrected chi connectivity index (χ1v) is 13.0. The first kappa shape index (κ1) is 22.3. The van der Waals surface area contributed by atoms with Crippen LogP contribution in [0.25, 0.3) is 0 Å². The van der Waals surface area contributed by atoms with E-state index in [9.17, 15) is 9.59 Å². The van der Waals surface area contributed by atoms with Crippen LogP contribution in [0.1, 0.15) is 85.0 Å². The van der Waals surface area contributed by atoms with E-state index in [1.165, 1.54) is 31.3 Å². The maximum Gasteiger partial charge on any atom is 0.338 e. The van der Waals surface area contributed by atoms with Gasteiger partial charge in [0.05, 0.1) is 11.6 Å². The van der Waals surface area contributed by atoms with Crippen LogP contribution in [0.2, 0.25) is 0 Å². The summed E-state index contributed by atoms with van der Waals surface area (Å²) in [6.07, 6.45) is 12.7. The average molecular weight is 441 g/mol. The van der Waals surface area contributed by atoms with E-state index in [-0.39, 0.29) is 22.7 Å². The Labute approximate surface area is 192 Å². The van der Waals surface area contributed by atoms with E-state index in [4.69, 9.17) is 4.84 Å². The van der Waals surface area contributed by atoms with Crippen LogP contribution in [0.5, 0.6) is 0 Å².